The molecule has 3 heterocycles. The molecule has 26 heavy (non-hydrogen) atoms. The highest BCUT2D eigenvalue weighted by molar-refractivity contribution is 5.96. The zero-order valence-electron chi connectivity index (χ0n) is 14.2. The van der Waals surface area contributed by atoms with Crippen LogP contribution in [-0.4, -0.2) is 34.8 Å². The molecule has 6 nitrogen and oxygen atoms in total. The van der Waals surface area contributed by atoms with Crippen molar-refractivity contribution in [3.8, 4) is 0 Å². The molecule has 1 aromatic carbocycles. The molecule has 0 aliphatic carbocycles. The van der Waals surface area contributed by atoms with Gasteiger partial charge in [-0.3, -0.25) is 9.59 Å². The molecule has 1 aliphatic heterocycles. The van der Waals surface area contributed by atoms with Gasteiger partial charge in [0.25, 0.3) is 5.91 Å². The molecular weight excluding hydrogens is 330 g/mol. The Hall–Kier alpha value is -3.15. The molecule has 6 heteroatoms. The van der Waals surface area contributed by atoms with Crippen LogP contribution < -0.4 is 5.32 Å². The second-order valence-corrected chi connectivity index (χ2v) is 6.42. The maximum Gasteiger partial charge on any atom is 0.289 e. The van der Waals surface area contributed by atoms with Crippen molar-refractivity contribution in [1.82, 2.24) is 9.88 Å². The molecule has 3 aromatic rings. The van der Waals surface area contributed by atoms with Crippen LogP contribution in [-0.2, 0) is 4.79 Å². The number of benzene rings is 1. The van der Waals surface area contributed by atoms with Crippen LogP contribution in [0.4, 0.5) is 5.82 Å². The van der Waals surface area contributed by atoms with Crippen molar-refractivity contribution in [3.63, 3.8) is 0 Å². The molecule has 0 saturated carbocycles. The number of pyridine rings is 1. The number of para-hydroxylation sites is 1. The lowest BCUT2D eigenvalue weighted by Gasteiger charge is -2.30. The lowest BCUT2D eigenvalue weighted by molar-refractivity contribution is -0.121. The number of hydrogen-bond donors (Lipinski definition) is 1. The fourth-order valence-electron chi connectivity index (χ4n) is 3.25. The molecule has 4 rings (SSSR count). The molecule has 1 aliphatic rings. The number of furan rings is 1. The molecule has 1 fully saturated rings. The van der Waals surface area contributed by atoms with E-state index in [-0.39, 0.29) is 17.7 Å². The third-order valence-corrected chi connectivity index (χ3v) is 4.71. The minimum absolute atomic E-state index is 0.0421. The van der Waals surface area contributed by atoms with Crippen LogP contribution >= 0.6 is 0 Å². The van der Waals surface area contributed by atoms with Crippen LogP contribution in [0, 0.1) is 5.92 Å². The van der Waals surface area contributed by atoms with Gasteiger partial charge in [-0.05, 0) is 37.1 Å². The molecule has 0 atom stereocenters. The first-order valence-electron chi connectivity index (χ1n) is 8.70. The lowest BCUT2D eigenvalue weighted by atomic mass is 9.95. The Morgan fingerprint density at radius 3 is 2.58 bits per heavy atom. The van der Waals surface area contributed by atoms with Crippen molar-refractivity contribution in [2.45, 2.75) is 12.8 Å². The van der Waals surface area contributed by atoms with Crippen LogP contribution in [0.25, 0.3) is 11.0 Å². The van der Waals surface area contributed by atoms with Gasteiger partial charge in [-0.1, -0.05) is 24.3 Å². The fourth-order valence-corrected chi connectivity index (χ4v) is 3.25. The molecule has 1 N–H and O–H groups in total. The van der Waals surface area contributed by atoms with E-state index in [2.05, 4.69) is 10.3 Å². The van der Waals surface area contributed by atoms with Gasteiger partial charge < -0.3 is 14.6 Å². The Labute approximate surface area is 150 Å². The molecule has 2 amide bonds. The quantitative estimate of drug-likeness (QED) is 0.787. The van der Waals surface area contributed by atoms with Crippen molar-refractivity contribution in [3.05, 3.63) is 60.5 Å². The van der Waals surface area contributed by atoms with E-state index in [1.54, 1.807) is 29.3 Å². The number of amides is 2. The summed E-state index contributed by atoms with van der Waals surface area (Å²) in [5.41, 5.74) is 0.709. The van der Waals surface area contributed by atoms with Crippen LogP contribution in [0.5, 0.6) is 0 Å². The first-order valence-corrected chi connectivity index (χ1v) is 8.70. The first-order chi connectivity index (χ1) is 12.7. The maximum atomic E-state index is 12.7. The van der Waals surface area contributed by atoms with Gasteiger partial charge in [0, 0.05) is 30.6 Å². The van der Waals surface area contributed by atoms with Crippen LogP contribution in [0.1, 0.15) is 23.4 Å². The summed E-state index contributed by atoms with van der Waals surface area (Å²) in [7, 11) is 0. The van der Waals surface area contributed by atoms with Gasteiger partial charge in [-0.2, -0.15) is 0 Å². The summed E-state index contributed by atoms with van der Waals surface area (Å²) < 4.78 is 5.66. The Balaban J connectivity index is 1.37. The molecule has 0 unspecified atom stereocenters. The second-order valence-electron chi connectivity index (χ2n) is 6.42. The van der Waals surface area contributed by atoms with Crippen LogP contribution in [0.15, 0.2) is 59.1 Å². The summed E-state index contributed by atoms with van der Waals surface area (Å²) in [5, 5.41) is 3.75. The summed E-state index contributed by atoms with van der Waals surface area (Å²) >= 11 is 0. The number of hydrogen-bond acceptors (Lipinski definition) is 4. The van der Waals surface area contributed by atoms with Gasteiger partial charge in [-0.15, -0.1) is 0 Å². The number of carbonyl (C=O) groups excluding carboxylic acids is 2. The third kappa shape index (κ3) is 3.31. The fraction of sp³-hybridized carbons (Fsp3) is 0.250. The average Bonchev–Trinajstić information content (AvgIpc) is 3.12. The Morgan fingerprint density at radius 2 is 1.85 bits per heavy atom. The van der Waals surface area contributed by atoms with Gasteiger partial charge in [0.15, 0.2) is 5.76 Å². The van der Waals surface area contributed by atoms with E-state index in [4.69, 9.17) is 4.42 Å². The Morgan fingerprint density at radius 1 is 1.08 bits per heavy atom. The highest BCUT2D eigenvalue weighted by atomic mass is 16.3. The summed E-state index contributed by atoms with van der Waals surface area (Å²) in [4.78, 5) is 30.9. The normalized spacial score (nSPS) is 15.2. The van der Waals surface area contributed by atoms with Gasteiger partial charge in [0.1, 0.15) is 11.4 Å². The van der Waals surface area contributed by atoms with Crippen molar-refractivity contribution in [1.29, 1.82) is 0 Å². The number of rotatable bonds is 3. The molecule has 0 spiro atoms. The van der Waals surface area contributed by atoms with Gasteiger partial charge in [0.05, 0.1) is 0 Å². The predicted octanol–water partition coefficient (Wildman–Crippen LogP) is 3.32. The SMILES string of the molecule is O=C(Nc1ccccn1)C1CCN(C(=O)c2cc3ccccc3o2)CC1. The minimum atomic E-state index is -0.121. The van der Waals surface area contributed by atoms with E-state index in [0.717, 1.165) is 5.39 Å². The van der Waals surface area contributed by atoms with Gasteiger partial charge in [-0.25, -0.2) is 4.98 Å². The monoisotopic (exact) mass is 349 g/mol. The largest absolute Gasteiger partial charge is 0.451 e. The Kier molecular flexibility index (Phi) is 4.39. The molecule has 1 saturated heterocycles. The van der Waals surface area contributed by atoms with Crippen molar-refractivity contribution in [2.75, 3.05) is 18.4 Å². The number of nitrogens with one attached hydrogen (secondary N) is 1. The minimum Gasteiger partial charge on any atom is -0.451 e. The van der Waals surface area contributed by atoms with Crippen LogP contribution in [0.3, 0.4) is 0 Å². The first kappa shape index (κ1) is 16.3. The van der Waals surface area contributed by atoms with Crippen LogP contribution in [0.2, 0.25) is 0 Å². The molecule has 0 bridgehead atoms. The molecular formula is C20H19N3O3. The molecule has 0 radical (unpaired) electrons. The number of aromatic nitrogens is 1. The number of carbonyl (C=O) groups is 2. The van der Waals surface area contributed by atoms with E-state index in [9.17, 15) is 9.59 Å². The number of anilines is 1. The number of piperidine rings is 1. The number of likely N-dealkylation sites (tertiary alicyclic amines) is 1. The smallest absolute Gasteiger partial charge is 0.289 e. The highest BCUT2D eigenvalue weighted by Gasteiger charge is 2.29. The second kappa shape index (κ2) is 7.00. The number of fused-ring (bicyclic) bond motifs is 1. The van der Waals surface area contributed by atoms with Gasteiger partial charge >= 0.3 is 0 Å². The van der Waals surface area contributed by atoms with E-state index in [1.807, 2.05) is 30.3 Å². The summed E-state index contributed by atoms with van der Waals surface area (Å²) in [6.45, 7) is 1.08. The van der Waals surface area contributed by atoms with E-state index in [1.165, 1.54) is 0 Å². The zero-order chi connectivity index (χ0) is 17.9. The van der Waals surface area contributed by atoms with Crippen molar-refractivity contribution < 1.29 is 14.0 Å². The Bertz CT molecular complexity index is 895. The summed E-state index contributed by atoms with van der Waals surface area (Å²) in [6.07, 6.45) is 2.90. The average molecular weight is 349 g/mol. The summed E-state index contributed by atoms with van der Waals surface area (Å²) in [6, 6.07) is 14.7. The molecule has 132 valence electrons. The zero-order valence-corrected chi connectivity index (χ0v) is 14.2. The maximum absolute atomic E-state index is 12.7. The van der Waals surface area contributed by atoms with Crippen molar-refractivity contribution in [2.24, 2.45) is 5.92 Å². The topological polar surface area (TPSA) is 75.4 Å². The van der Waals surface area contributed by atoms with E-state index in [0.29, 0.717) is 43.1 Å². The van der Waals surface area contributed by atoms with Crippen molar-refractivity contribution >= 4 is 28.6 Å². The standard InChI is InChI=1S/C20H19N3O3/c24-19(22-18-7-3-4-10-21-18)14-8-11-23(12-9-14)20(25)17-13-15-5-1-2-6-16(15)26-17/h1-7,10,13-14H,8-9,11-12H2,(H,21,22,24). The third-order valence-electron chi connectivity index (χ3n) is 4.71. The lowest BCUT2D eigenvalue weighted by Crippen LogP contribution is -2.41. The van der Waals surface area contributed by atoms with Gasteiger partial charge in [0.2, 0.25) is 5.91 Å². The highest BCUT2D eigenvalue weighted by Crippen LogP contribution is 2.24. The van der Waals surface area contributed by atoms with E-state index >= 15 is 0 Å². The number of nitrogens with zero attached hydrogens (tertiary/aromatic N) is 2. The predicted molar refractivity (Wildman–Crippen MR) is 97.7 cm³/mol. The van der Waals surface area contributed by atoms with E-state index < -0.39 is 0 Å². The molecule has 2 aromatic heterocycles. The summed E-state index contributed by atoms with van der Waals surface area (Å²) in [5.74, 6) is 0.627.